The number of hydrogen-bond acceptors (Lipinski definition) is 5. The summed E-state index contributed by atoms with van der Waals surface area (Å²) < 4.78 is 0. The molecule has 2 atom stereocenters. The first-order valence-corrected chi connectivity index (χ1v) is 10.7. The van der Waals surface area contributed by atoms with Gasteiger partial charge in [-0.15, -0.1) is 12.4 Å². The molecular formula is C19H29ClN4O3S. The third-order valence-electron chi connectivity index (χ3n) is 5.22. The second-order valence-corrected chi connectivity index (χ2v) is 8.04. The molecule has 0 saturated carbocycles. The van der Waals surface area contributed by atoms with Crippen LogP contribution < -0.4 is 16.0 Å². The van der Waals surface area contributed by atoms with Crippen LogP contribution in [0.4, 0.5) is 0 Å². The Hall–Kier alpha value is -1.64. The molecule has 2 fully saturated rings. The van der Waals surface area contributed by atoms with E-state index < -0.39 is 0 Å². The summed E-state index contributed by atoms with van der Waals surface area (Å²) in [7, 11) is 0. The Morgan fingerprint density at radius 3 is 2.79 bits per heavy atom. The molecule has 2 aliphatic heterocycles. The Morgan fingerprint density at radius 2 is 2.07 bits per heavy atom. The first-order chi connectivity index (χ1) is 13.1. The lowest BCUT2D eigenvalue weighted by atomic mass is 9.97. The maximum atomic E-state index is 12.4. The van der Waals surface area contributed by atoms with Crippen molar-refractivity contribution in [2.24, 2.45) is 5.92 Å². The number of rotatable bonds is 7. The summed E-state index contributed by atoms with van der Waals surface area (Å²) >= 11 is 1.48. The van der Waals surface area contributed by atoms with Crippen molar-refractivity contribution >= 4 is 41.5 Å². The van der Waals surface area contributed by atoms with E-state index in [0.717, 1.165) is 38.8 Å². The van der Waals surface area contributed by atoms with Crippen molar-refractivity contribution in [3.05, 3.63) is 22.4 Å². The predicted octanol–water partition coefficient (Wildman–Crippen LogP) is 1.40. The van der Waals surface area contributed by atoms with Gasteiger partial charge in [0.15, 0.2) is 0 Å². The van der Waals surface area contributed by atoms with Gasteiger partial charge in [0.1, 0.15) is 0 Å². The standard InChI is InChI=1S/C19H28N4O3S.ClH/c24-17(5-8-21-18(25)15-6-10-27-13-15)23-9-2-3-14(12-23)11-22-19(26)16-4-1-7-20-16;/h6,10,13-14,16,20H,1-5,7-9,11-12H2,(H,21,25)(H,22,26);1H. The van der Waals surface area contributed by atoms with E-state index in [1.807, 2.05) is 10.3 Å². The second-order valence-electron chi connectivity index (χ2n) is 7.26. The number of carbonyl (C=O) groups is 3. The van der Waals surface area contributed by atoms with Crippen LogP contribution >= 0.6 is 23.7 Å². The zero-order valence-corrected chi connectivity index (χ0v) is 17.6. The summed E-state index contributed by atoms with van der Waals surface area (Å²) in [6.45, 7) is 3.31. The van der Waals surface area contributed by atoms with Gasteiger partial charge in [-0.2, -0.15) is 11.3 Å². The first-order valence-electron chi connectivity index (χ1n) is 9.73. The van der Waals surface area contributed by atoms with E-state index in [0.29, 0.717) is 37.5 Å². The smallest absolute Gasteiger partial charge is 0.252 e. The Balaban J connectivity index is 0.00000280. The van der Waals surface area contributed by atoms with E-state index in [9.17, 15) is 14.4 Å². The van der Waals surface area contributed by atoms with Gasteiger partial charge in [-0.3, -0.25) is 14.4 Å². The topological polar surface area (TPSA) is 90.5 Å². The minimum Gasteiger partial charge on any atom is -0.354 e. The van der Waals surface area contributed by atoms with E-state index in [1.165, 1.54) is 11.3 Å². The van der Waals surface area contributed by atoms with Crippen LogP contribution in [0.15, 0.2) is 16.8 Å². The summed E-state index contributed by atoms with van der Waals surface area (Å²) in [6.07, 6.45) is 4.23. The van der Waals surface area contributed by atoms with Gasteiger partial charge in [-0.1, -0.05) is 0 Å². The summed E-state index contributed by atoms with van der Waals surface area (Å²) in [5.41, 5.74) is 0.637. The minimum atomic E-state index is -0.135. The zero-order chi connectivity index (χ0) is 19.1. The summed E-state index contributed by atoms with van der Waals surface area (Å²) in [5.74, 6) is 0.304. The maximum absolute atomic E-state index is 12.4. The number of nitrogens with one attached hydrogen (secondary N) is 3. The molecule has 0 spiro atoms. The van der Waals surface area contributed by atoms with Crippen LogP contribution in [0, 0.1) is 5.92 Å². The number of likely N-dealkylation sites (tertiary alicyclic amines) is 1. The minimum absolute atomic E-state index is 0. The molecule has 3 N–H and O–H groups in total. The molecular weight excluding hydrogens is 400 g/mol. The van der Waals surface area contributed by atoms with Crippen LogP contribution in [0.25, 0.3) is 0 Å². The van der Waals surface area contributed by atoms with Gasteiger partial charge >= 0.3 is 0 Å². The third-order valence-corrected chi connectivity index (χ3v) is 5.90. The largest absolute Gasteiger partial charge is 0.354 e. The Kier molecular flexibility index (Phi) is 9.21. The highest BCUT2D eigenvalue weighted by molar-refractivity contribution is 7.08. The molecule has 2 unspecified atom stereocenters. The lowest BCUT2D eigenvalue weighted by Crippen LogP contribution is -2.47. The molecule has 0 aliphatic carbocycles. The molecule has 1 aromatic heterocycles. The highest BCUT2D eigenvalue weighted by Gasteiger charge is 2.26. The van der Waals surface area contributed by atoms with E-state index in [1.54, 1.807) is 11.4 Å². The number of halogens is 1. The molecule has 1 aromatic rings. The van der Waals surface area contributed by atoms with Crippen LogP contribution in [0.5, 0.6) is 0 Å². The van der Waals surface area contributed by atoms with Gasteiger partial charge in [0.2, 0.25) is 11.8 Å². The lowest BCUT2D eigenvalue weighted by Gasteiger charge is -2.33. The van der Waals surface area contributed by atoms with Gasteiger partial charge < -0.3 is 20.9 Å². The number of nitrogens with zero attached hydrogens (tertiary/aromatic N) is 1. The van der Waals surface area contributed by atoms with Gasteiger partial charge in [-0.25, -0.2) is 0 Å². The van der Waals surface area contributed by atoms with Gasteiger partial charge in [0.05, 0.1) is 6.04 Å². The normalized spacial score (nSPS) is 21.6. The van der Waals surface area contributed by atoms with Crippen LogP contribution in [-0.2, 0) is 9.59 Å². The number of piperidine rings is 1. The average Bonchev–Trinajstić information content (AvgIpc) is 3.40. The van der Waals surface area contributed by atoms with Crippen LogP contribution in [0.1, 0.15) is 42.5 Å². The van der Waals surface area contributed by atoms with Gasteiger partial charge in [0.25, 0.3) is 5.91 Å². The molecule has 28 heavy (non-hydrogen) atoms. The molecule has 156 valence electrons. The van der Waals surface area contributed by atoms with Crippen LogP contribution in [0.3, 0.4) is 0 Å². The Bertz CT molecular complexity index is 650. The van der Waals surface area contributed by atoms with Crippen molar-refractivity contribution in [3.8, 4) is 0 Å². The van der Waals surface area contributed by atoms with E-state index in [-0.39, 0.29) is 36.2 Å². The fraction of sp³-hybridized carbons (Fsp3) is 0.632. The van der Waals surface area contributed by atoms with Gasteiger partial charge in [-0.05, 0) is 49.6 Å². The molecule has 7 nitrogen and oxygen atoms in total. The highest BCUT2D eigenvalue weighted by Crippen LogP contribution is 2.17. The van der Waals surface area contributed by atoms with Crippen molar-refractivity contribution in [2.45, 2.75) is 38.1 Å². The fourth-order valence-electron chi connectivity index (χ4n) is 3.67. The lowest BCUT2D eigenvalue weighted by molar-refractivity contribution is -0.132. The van der Waals surface area contributed by atoms with Crippen molar-refractivity contribution in [3.63, 3.8) is 0 Å². The monoisotopic (exact) mass is 428 g/mol. The quantitative estimate of drug-likeness (QED) is 0.612. The summed E-state index contributed by atoms with van der Waals surface area (Å²) in [4.78, 5) is 38.3. The molecule has 2 aliphatic rings. The highest BCUT2D eigenvalue weighted by atomic mass is 35.5. The number of thiophene rings is 1. The number of carbonyl (C=O) groups excluding carboxylic acids is 3. The van der Waals surface area contributed by atoms with Gasteiger partial charge in [0, 0.05) is 43.5 Å². The molecule has 2 saturated heterocycles. The SMILES string of the molecule is Cl.O=C(NCCC(=O)N1CCCC(CNC(=O)C2CCCN2)C1)c1ccsc1. The average molecular weight is 429 g/mol. The number of amides is 3. The first kappa shape index (κ1) is 22.6. The van der Waals surface area contributed by atoms with Crippen molar-refractivity contribution in [1.82, 2.24) is 20.9 Å². The second kappa shape index (κ2) is 11.4. The third kappa shape index (κ3) is 6.46. The summed E-state index contributed by atoms with van der Waals surface area (Å²) in [6, 6.07) is 1.71. The molecule has 0 radical (unpaired) electrons. The predicted molar refractivity (Wildman–Crippen MR) is 112 cm³/mol. The molecule has 3 rings (SSSR count). The Morgan fingerprint density at radius 1 is 1.21 bits per heavy atom. The molecule has 3 heterocycles. The van der Waals surface area contributed by atoms with Crippen molar-refractivity contribution < 1.29 is 14.4 Å². The Labute approximate surface area is 176 Å². The number of hydrogen-bond donors (Lipinski definition) is 3. The van der Waals surface area contributed by atoms with E-state index in [2.05, 4.69) is 16.0 Å². The molecule has 0 bridgehead atoms. The van der Waals surface area contributed by atoms with E-state index in [4.69, 9.17) is 0 Å². The fourth-order valence-corrected chi connectivity index (χ4v) is 4.31. The van der Waals surface area contributed by atoms with E-state index >= 15 is 0 Å². The molecule has 0 aromatic carbocycles. The van der Waals surface area contributed by atoms with Crippen LogP contribution in [-0.4, -0.2) is 61.4 Å². The molecule has 3 amide bonds. The summed E-state index contributed by atoms with van der Waals surface area (Å²) in [5, 5.41) is 12.7. The van der Waals surface area contributed by atoms with Crippen molar-refractivity contribution in [1.29, 1.82) is 0 Å². The van der Waals surface area contributed by atoms with Crippen LogP contribution in [0.2, 0.25) is 0 Å². The van der Waals surface area contributed by atoms with Crippen molar-refractivity contribution in [2.75, 3.05) is 32.7 Å². The molecule has 9 heteroatoms. The zero-order valence-electron chi connectivity index (χ0n) is 15.9. The maximum Gasteiger partial charge on any atom is 0.252 e.